The lowest BCUT2D eigenvalue weighted by molar-refractivity contribution is -0.138. The highest BCUT2D eigenvalue weighted by Crippen LogP contribution is 2.37. The van der Waals surface area contributed by atoms with Crippen LogP contribution in [0.4, 0.5) is 0 Å². The second-order valence-electron chi connectivity index (χ2n) is 5.40. The van der Waals surface area contributed by atoms with Crippen LogP contribution in [0.2, 0.25) is 0 Å². The van der Waals surface area contributed by atoms with Gasteiger partial charge in [-0.3, -0.25) is 4.79 Å². The molecule has 0 radical (unpaired) electrons. The largest absolute Gasteiger partial charge is 0.481 e. The van der Waals surface area contributed by atoms with E-state index in [9.17, 15) is 9.90 Å². The van der Waals surface area contributed by atoms with Crippen LogP contribution in [-0.4, -0.2) is 24.2 Å². The molecule has 0 saturated carbocycles. The zero-order chi connectivity index (χ0) is 13.2. The first-order chi connectivity index (χ1) is 8.53. The van der Waals surface area contributed by atoms with Crippen molar-refractivity contribution in [3.8, 4) is 0 Å². The second kappa shape index (κ2) is 5.11. The van der Waals surface area contributed by atoms with Crippen LogP contribution in [0.3, 0.4) is 0 Å². The summed E-state index contributed by atoms with van der Waals surface area (Å²) in [7, 11) is 0. The lowest BCUT2D eigenvalue weighted by Crippen LogP contribution is -2.41. The smallest absolute Gasteiger partial charge is 0.304 e. The van der Waals surface area contributed by atoms with Gasteiger partial charge in [-0.15, -0.1) is 0 Å². The number of hydrogen-bond donors (Lipinski definition) is 2. The van der Waals surface area contributed by atoms with Crippen LogP contribution in [0.15, 0.2) is 18.2 Å². The molecule has 1 saturated heterocycles. The van der Waals surface area contributed by atoms with Crippen molar-refractivity contribution in [2.75, 3.05) is 13.1 Å². The molecule has 0 aliphatic carbocycles. The molecule has 1 aliphatic heterocycles. The maximum absolute atomic E-state index is 11.2. The molecule has 2 N–H and O–H groups in total. The Labute approximate surface area is 108 Å². The Morgan fingerprint density at radius 3 is 2.50 bits per heavy atom. The first-order valence-corrected chi connectivity index (χ1v) is 6.54. The van der Waals surface area contributed by atoms with Crippen LogP contribution >= 0.6 is 0 Å². The molecule has 1 aromatic carbocycles. The van der Waals surface area contributed by atoms with Crippen molar-refractivity contribution in [1.82, 2.24) is 5.32 Å². The third-order valence-corrected chi connectivity index (χ3v) is 4.17. The highest BCUT2D eigenvalue weighted by Gasteiger charge is 2.36. The third kappa shape index (κ3) is 2.56. The number of aryl methyl sites for hydroxylation is 2. The standard InChI is InChI=1S/C15H21NO2/c1-11-3-4-13(9-12(11)2)15(10-14(17)18)5-7-16-8-6-15/h3-4,9,16H,5-8,10H2,1-2H3,(H,17,18). The molecule has 2 rings (SSSR count). The van der Waals surface area contributed by atoms with E-state index in [1.54, 1.807) is 0 Å². The van der Waals surface area contributed by atoms with E-state index < -0.39 is 5.97 Å². The van der Waals surface area contributed by atoms with Crippen molar-refractivity contribution in [2.24, 2.45) is 0 Å². The van der Waals surface area contributed by atoms with Crippen LogP contribution in [0.25, 0.3) is 0 Å². The molecule has 0 bridgehead atoms. The topological polar surface area (TPSA) is 49.3 Å². The average molecular weight is 247 g/mol. The molecule has 98 valence electrons. The fourth-order valence-electron chi connectivity index (χ4n) is 2.83. The van der Waals surface area contributed by atoms with Crippen molar-refractivity contribution in [2.45, 2.75) is 38.5 Å². The van der Waals surface area contributed by atoms with E-state index in [0.717, 1.165) is 25.9 Å². The molecule has 1 heterocycles. The maximum Gasteiger partial charge on any atom is 0.304 e. The van der Waals surface area contributed by atoms with E-state index in [1.807, 2.05) is 0 Å². The van der Waals surface area contributed by atoms with Crippen molar-refractivity contribution >= 4 is 5.97 Å². The summed E-state index contributed by atoms with van der Waals surface area (Å²) < 4.78 is 0. The Balaban J connectivity index is 2.38. The second-order valence-corrected chi connectivity index (χ2v) is 5.40. The van der Waals surface area contributed by atoms with Gasteiger partial charge in [-0.2, -0.15) is 0 Å². The molecule has 1 fully saturated rings. The van der Waals surface area contributed by atoms with Gasteiger partial charge in [0.15, 0.2) is 0 Å². The molecule has 0 amide bonds. The minimum Gasteiger partial charge on any atom is -0.481 e. The third-order valence-electron chi connectivity index (χ3n) is 4.17. The lowest BCUT2D eigenvalue weighted by atomic mass is 9.70. The zero-order valence-electron chi connectivity index (χ0n) is 11.1. The number of benzene rings is 1. The molecule has 1 aliphatic rings. The average Bonchev–Trinajstić information content (AvgIpc) is 2.33. The molecular weight excluding hydrogens is 226 g/mol. The van der Waals surface area contributed by atoms with Gasteiger partial charge in [0.25, 0.3) is 0 Å². The fraction of sp³-hybridized carbons (Fsp3) is 0.533. The van der Waals surface area contributed by atoms with Crippen LogP contribution in [0.5, 0.6) is 0 Å². The van der Waals surface area contributed by atoms with Crippen LogP contribution < -0.4 is 5.32 Å². The van der Waals surface area contributed by atoms with Gasteiger partial charge in [0, 0.05) is 5.41 Å². The summed E-state index contributed by atoms with van der Waals surface area (Å²) in [6.45, 7) is 5.99. The monoisotopic (exact) mass is 247 g/mol. The van der Waals surface area contributed by atoms with Crippen molar-refractivity contribution in [3.63, 3.8) is 0 Å². The zero-order valence-corrected chi connectivity index (χ0v) is 11.1. The quantitative estimate of drug-likeness (QED) is 0.862. The molecule has 0 atom stereocenters. The Bertz CT molecular complexity index is 448. The van der Waals surface area contributed by atoms with Gasteiger partial charge in [-0.1, -0.05) is 18.2 Å². The normalized spacial score (nSPS) is 18.6. The Hall–Kier alpha value is -1.35. The number of carboxylic acid groups (broad SMARTS) is 1. The summed E-state index contributed by atoms with van der Waals surface area (Å²) >= 11 is 0. The molecule has 0 spiro atoms. The predicted molar refractivity (Wildman–Crippen MR) is 72.0 cm³/mol. The number of piperidine rings is 1. The number of nitrogens with one attached hydrogen (secondary N) is 1. The minimum atomic E-state index is -0.699. The highest BCUT2D eigenvalue weighted by atomic mass is 16.4. The number of aliphatic carboxylic acids is 1. The fourth-order valence-corrected chi connectivity index (χ4v) is 2.83. The lowest BCUT2D eigenvalue weighted by Gasteiger charge is -2.37. The minimum absolute atomic E-state index is 0.185. The SMILES string of the molecule is Cc1ccc(C2(CC(=O)O)CCNCC2)cc1C. The molecular formula is C15H21NO2. The van der Waals surface area contributed by atoms with E-state index in [2.05, 4.69) is 37.4 Å². The summed E-state index contributed by atoms with van der Waals surface area (Å²) in [6.07, 6.45) is 2.04. The first kappa shape index (κ1) is 13.1. The number of carboxylic acids is 1. The van der Waals surface area contributed by atoms with Crippen molar-refractivity contribution in [3.05, 3.63) is 34.9 Å². The van der Waals surface area contributed by atoms with Crippen LogP contribution in [0.1, 0.15) is 36.0 Å². The summed E-state index contributed by atoms with van der Waals surface area (Å²) in [6, 6.07) is 6.39. The van der Waals surface area contributed by atoms with E-state index in [1.165, 1.54) is 16.7 Å². The van der Waals surface area contributed by atoms with Gasteiger partial charge in [0.05, 0.1) is 6.42 Å². The van der Waals surface area contributed by atoms with Gasteiger partial charge in [0.1, 0.15) is 0 Å². The van der Waals surface area contributed by atoms with Gasteiger partial charge < -0.3 is 10.4 Å². The van der Waals surface area contributed by atoms with Crippen molar-refractivity contribution < 1.29 is 9.90 Å². The van der Waals surface area contributed by atoms with Crippen LogP contribution in [-0.2, 0) is 10.2 Å². The number of carbonyl (C=O) groups is 1. The Kier molecular flexibility index (Phi) is 3.71. The summed E-state index contributed by atoms with van der Waals surface area (Å²) in [5.74, 6) is -0.699. The summed E-state index contributed by atoms with van der Waals surface area (Å²) in [5, 5.41) is 12.5. The molecule has 3 nitrogen and oxygen atoms in total. The van der Waals surface area contributed by atoms with Crippen molar-refractivity contribution in [1.29, 1.82) is 0 Å². The van der Waals surface area contributed by atoms with Crippen LogP contribution in [0, 0.1) is 13.8 Å². The van der Waals surface area contributed by atoms with Gasteiger partial charge in [-0.25, -0.2) is 0 Å². The van der Waals surface area contributed by atoms with E-state index in [-0.39, 0.29) is 11.8 Å². The molecule has 1 aromatic rings. The number of rotatable bonds is 3. The van der Waals surface area contributed by atoms with E-state index in [4.69, 9.17) is 0 Å². The summed E-state index contributed by atoms with van der Waals surface area (Å²) in [5.41, 5.74) is 3.51. The summed E-state index contributed by atoms with van der Waals surface area (Å²) in [4.78, 5) is 11.2. The molecule has 0 aromatic heterocycles. The Morgan fingerprint density at radius 2 is 1.94 bits per heavy atom. The van der Waals surface area contributed by atoms with Gasteiger partial charge in [0.2, 0.25) is 0 Å². The van der Waals surface area contributed by atoms with E-state index in [0.29, 0.717) is 0 Å². The highest BCUT2D eigenvalue weighted by molar-refractivity contribution is 5.69. The molecule has 18 heavy (non-hydrogen) atoms. The van der Waals surface area contributed by atoms with Gasteiger partial charge >= 0.3 is 5.97 Å². The number of hydrogen-bond acceptors (Lipinski definition) is 2. The molecule has 0 unspecified atom stereocenters. The first-order valence-electron chi connectivity index (χ1n) is 6.54. The van der Waals surface area contributed by atoms with Gasteiger partial charge in [-0.05, 0) is 56.5 Å². The molecule has 3 heteroatoms. The maximum atomic E-state index is 11.2. The predicted octanol–water partition coefficient (Wildman–Crippen LogP) is 2.40. The Morgan fingerprint density at radius 1 is 1.28 bits per heavy atom. The van der Waals surface area contributed by atoms with E-state index >= 15 is 0 Å².